The van der Waals surface area contributed by atoms with Crippen LogP contribution < -0.4 is 0 Å². The Morgan fingerprint density at radius 3 is 2.88 bits per heavy atom. The number of hydrogen-bond donors (Lipinski definition) is 1. The van der Waals surface area contributed by atoms with Crippen molar-refractivity contribution >= 4 is 5.91 Å². The zero-order chi connectivity index (χ0) is 16.7. The number of carbonyl (C=O) groups excluding carboxylic acids is 1. The average molecular weight is 326 g/mol. The summed E-state index contributed by atoms with van der Waals surface area (Å²) in [5.74, 6) is 0.166. The van der Waals surface area contributed by atoms with E-state index in [9.17, 15) is 9.18 Å². The summed E-state index contributed by atoms with van der Waals surface area (Å²) in [6.45, 7) is 2.81. The second kappa shape index (κ2) is 5.55. The minimum absolute atomic E-state index is 0.139. The molecule has 122 valence electrons. The van der Waals surface area contributed by atoms with Gasteiger partial charge < -0.3 is 9.88 Å². The van der Waals surface area contributed by atoms with Gasteiger partial charge in [-0.2, -0.15) is 0 Å². The molecular weight excluding hydrogens is 311 g/mol. The number of benzene rings is 1. The van der Waals surface area contributed by atoms with Crippen molar-refractivity contribution in [3.05, 3.63) is 59.4 Å². The van der Waals surface area contributed by atoms with Crippen molar-refractivity contribution in [2.75, 3.05) is 6.54 Å². The Kier molecular flexibility index (Phi) is 3.37. The quantitative estimate of drug-likeness (QED) is 0.776. The van der Waals surface area contributed by atoms with Crippen LogP contribution in [0.5, 0.6) is 0 Å². The van der Waals surface area contributed by atoms with Crippen molar-refractivity contribution in [2.45, 2.75) is 19.9 Å². The molecule has 0 aliphatic carbocycles. The number of rotatable bonds is 2. The van der Waals surface area contributed by atoms with Crippen LogP contribution in [0.1, 0.15) is 27.8 Å². The van der Waals surface area contributed by atoms with Crippen molar-refractivity contribution in [2.24, 2.45) is 0 Å². The van der Waals surface area contributed by atoms with Gasteiger partial charge in [0.05, 0.1) is 29.9 Å². The maximum Gasteiger partial charge on any atom is 0.293 e. The SMILES string of the molecule is Cc1nc(C(=O)N2CCc3nc[nH]c3C2)nn1-c1ccc(F)cc1. The molecular formula is C16H15FN6O. The van der Waals surface area contributed by atoms with Gasteiger partial charge in [-0.25, -0.2) is 19.0 Å². The molecule has 1 amide bonds. The fraction of sp³-hybridized carbons (Fsp3) is 0.250. The molecule has 8 heteroatoms. The number of aromatic nitrogens is 5. The number of aromatic amines is 1. The highest BCUT2D eigenvalue weighted by Crippen LogP contribution is 2.17. The van der Waals surface area contributed by atoms with Crippen molar-refractivity contribution in [1.82, 2.24) is 29.6 Å². The molecule has 0 saturated carbocycles. The second-order valence-electron chi connectivity index (χ2n) is 5.68. The van der Waals surface area contributed by atoms with Gasteiger partial charge in [0.2, 0.25) is 5.82 Å². The van der Waals surface area contributed by atoms with E-state index in [4.69, 9.17) is 0 Å². The predicted molar refractivity (Wildman–Crippen MR) is 83.1 cm³/mol. The van der Waals surface area contributed by atoms with Crippen molar-refractivity contribution in [3.8, 4) is 5.69 Å². The van der Waals surface area contributed by atoms with Gasteiger partial charge in [0.1, 0.15) is 11.6 Å². The first-order chi connectivity index (χ1) is 11.6. The third kappa shape index (κ3) is 2.45. The monoisotopic (exact) mass is 326 g/mol. The second-order valence-corrected chi connectivity index (χ2v) is 5.68. The van der Waals surface area contributed by atoms with E-state index >= 15 is 0 Å². The van der Waals surface area contributed by atoms with Crippen LogP contribution in [0, 0.1) is 12.7 Å². The van der Waals surface area contributed by atoms with Gasteiger partial charge in [0.15, 0.2) is 0 Å². The van der Waals surface area contributed by atoms with Crippen LogP contribution >= 0.6 is 0 Å². The Labute approximate surface area is 137 Å². The number of nitrogens with one attached hydrogen (secondary N) is 1. The topological polar surface area (TPSA) is 79.7 Å². The van der Waals surface area contributed by atoms with Crippen LogP contribution in [0.25, 0.3) is 5.69 Å². The van der Waals surface area contributed by atoms with Gasteiger partial charge in [-0.3, -0.25) is 4.79 Å². The maximum absolute atomic E-state index is 13.1. The van der Waals surface area contributed by atoms with Gasteiger partial charge >= 0.3 is 0 Å². The summed E-state index contributed by atoms with van der Waals surface area (Å²) < 4.78 is 14.6. The van der Waals surface area contributed by atoms with Gasteiger partial charge in [0, 0.05) is 13.0 Å². The van der Waals surface area contributed by atoms with Crippen LogP contribution in [0.2, 0.25) is 0 Å². The Balaban J connectivity index is 1.60. The summed E-state index contributed by atoms with van der Waals surface area (Å²) >= 11 is 0. The number of halogens is 1. The highest BCUT2D eigenvalue weighted by molar-refractivity contribution is 5.90. The summed E-state index contributed by atoms with van der Waals surface area (Å²) in [6.07, 6.45) is 2.35. The number of imidazole rings is 1. The summed E-state index contributed by atoms with van der Waals surface area (Å²) in [6, 6.07) is 5.90. The molecule has 24 heavy (non-hydrogen) atoms. The minimum Gasteiger partial charge on any atom is -0.347 e. The van der Waals surface area contributed by atoms with E-state index in [0.717, 1.165) is 11.4 Å². The predicted octanol–water partition coefficient (Wildman–Crippen LogP) is 1.64. The number of H-pyrrole nitrogens is 1. The van der Waals surface area contributed by atoms with Gasteiger partial charge in [-0.05, 0) is 31.2 Å². The van der Waals surface area contributed by atoms with Gasteiger partial charge in [0.25, 0.3) is 5.91 Å². The minimum atomic E-state index is -0.323. The Hall–Kier alpha value is -3.03. The van der Waals surface area contributed by atoms with E-state index in [1.165, 1.54) is 16.8 Å². The number of amides is 1. The lowest BCUT2D eigenvalue weighted by atomic mass is 10.1. The Morgan fingerprint density at radius 1 is 1.29 bits per heavy atom. The molecule has 0 bridgehead atoms. The van der Waals surface area contributed by atoms with Crippen LogP contribution in [-0.2, 0) is 13.0 Å². The molecule has 0 spiro atoms. The van der Waals surface area contributed by atoms with Gasteiger partial charge in [-0.15, -0.1) is 5.10 Å². The smallest absolute Gasteiger partial charge is 0.293 e. The molecule has 3 heterocycles. The van der Waals surface area contributed by atoms with Crippen molar-refractivity contribution in [1.29, 1.82) is 0 Å². The fourth-order valence-electron chi connectivity index (χ4n) is 2.83. The molecule has 0 radical (unpaired) electrons. The molecule has 1 aliphatic rings. The lowest BCUT2D eigenvalue weighted by molar-refractivity contribution is 0.0719. The molecule has 4 rings (SSSR count). The Bertz CT molecular complexity index is 898. The lowest BCUT2D eigenvalue weighted by Crippen LogP contribution is -2.36. The standard InChI is InChI=1S/C16H15FN6O/c1-10-20-15(21-23(10)12-4-2-11(17)3-5-12)16(24)22-7-6-13-14(8-22)19-9-18-13/h2-5,9H,6-8H2,1H3,(H,18,19). The number of carbonyl (C=O) groups is 1. The third-order valence-electron chi connectivity index (χ3n) is 4.09. The molecule has 0 unspecified atom stereocenters. The van der Waals surface area contributed by atoms with Crippen LogP contribution in [0.15, 0.2) is 30.6 Å². The molecule has 1 aliphatic heterocycles. The van der Waals surface area contributed by atoms with Crippen molar-refractivity contribution in [3.63, 3.8) is 0 Å². The molecule has 1 aromatic carbocycles. The Morgan fingerprint density at radius 2 is 2.08 bits per heavy atom. The summed E-state index contributed by atoms with van der Waals surface area (Å²) in [4.78, 5) is 25.9. The first-order valence-corrected chi connectivity index (χ1v) is 7.62. The third-order valence-corrected chi connectivity index (χ3v) is 4.09. The average Bonchev–Trinajstić information content (AvgIpc) is 3.20. The van der Waals surface area contributed by atoms with Crippen LogP contribution in [0.3, 0.4) is 0 Å². The number of nitrogens with zero attached hydrogens (tertiary/aromatic N) is 5. The molecule has 0 atom stereocenters. The number of fused-ring (bicyclic) bond motifs is 1. The van der Waals surface area contributed by atoms with Crippen molar-refractivity contribution < 1.29 is 9.18 Å². The largest absolute Gasteiger partial charge is 0.347 e. The first-order valence-electron chi connectivity index (χ1n) is 7.62. The molecule has 7 nitrogen and oxygen atoms in total. The highest BCUT2D eigenvalue weighted by atomic mass is 19.1. The normalized spacial score (nSPS) is 13.8. The number of aryl methyl sites for hydroxylation is 1. The molecule has 2 aromatic heterocycles. The summed E-state index contributed by atoms with van der Waals surface area (Å²) in [5.41, 5.74) is 2.61. The van der Waals surface area contributed by atoms with Crippen LogP contribution in [-0.4, -0.2) is 42.1 Å². The molecule has 3 aromatic rings. The molecule has 1 N–H and O–H groups in total. The fourth-order valence-corrected chi connectivity index (χ4v) is 2.83. The zero-order valence-electron chi connectivity index (χ0n) is 13.0. The maximum atomic E-state index is 13.1. The van der Waals surface area contributed by atoms with Crippen LogP contribution in [0.4, 0.5) is 4.39 Å². The van der Waals surface area contributed by atoms with E-state index in [1.54, 1.807) is 30.3 Å². The number of hydrogen-bond acceptors (Lipinski definition) is 4. The molecule has 0 saturated heterocycles. The van der Waals surface area contributed by atoms with E-state index in [1.807, 2.05) is 0 Å². The zero-order valence-corrected chi connectivity index (χ0v) is 13.0. The van der Waals surface area contributed by atoms with E-state index in [-0.39, 0.29) is 17.5 Å². The van der Waals surface area contributed by atoms with Gasteiger partial charge in [-0.1, -0.05) is 0 Å². The summed E-state index contributed by atoms with van der Waals surface area (Å²) in [5, 5.41) is 4.29. The first kappa shape index (κ1) is 14.6. The summed E-state index contributed by atoms with van der Waals surface area (Å²) in [7, 11) is 0. The van der Waals surface area contributed by atoms with E-state index in [0.29, 0.717) is 31.0 Å². The highest BCUT2D eigenvalue weighted by Gasteiger charge is 2.26. The molecule has 0 fully saturated rings. The lowest BCUT2D eigenvalue weighted by Gasteiger charge is -2.24. The van der Waals surface area contributed by atoms with E-state index in [2.05, 4.69) is 20.1 Å². The van der Waals surface area contributed by atoms with E-state index < -0.39 is 0 Å².